The van der Waals surface area contributed by atoms with Crippen molar-refractivity contribution in [1.29, 1.82) is 0 Å². The third kappa shape index (κ3) is 3.63. The molecule has 0 spiro atoms. The van der Waals surface area contributed by atoms with Crippen molar-refractivity contribution in [2.75, 3.05) is 14.1 Å². The summed E-state index contributed by atoms with van der Waals surface area (Å²) >= 11 is 0. The molecular weight excluding hydrogens is 314 g/mol. The molecule has 3 rings (SSSR count). The zero-order valence-electron chi connectivity index (χ0n) is 14.4. The second-order valence-corrected chi connectivity index (χ2v) is 5.95. The van der Waals surface area contributed by atoms with Gasteiger partial charge in [0, 0.05) is 25.9 Å². The Morgan fingerprint density at radius 2 is 1.72 bits per heavy atom. The van der Waals surface area contributed by atoms with Gasteiger partial charge in [0.05, 0.1) is 11.3 Å². The van der Waals surface area contributed by atoms with Crippen LogP contribution in [0.15, 0.2) is 60.8 Å². The quantitative estimate of drug-likeness (QED) is 0.531. The zero-order valence-corrected chi connectivity index (χ0v) is 14.4. The molecule has 0 fully saturated rings. The first-order valence-electron chi connectivity index (χ1n) is 7.90. The Morgan fingerprint density at radius 3 is 2.36 bits per heavy atom. The van der Waals surface area contributed by atoms with Crippen LogP contribution in [0.4, 0.5) is 0 Å². The second-order valence-electron chi connectivity index (χ2n) is 5.95. The van der Waals surface area contributed by atoms with Crippen molar-refractivity contribution in [1.82, 2.24) is 25.1 Å². The van der Waals surface area contributed by atoms with Crippen LogP contribution >= 0.6 is 0 Å². The number of Topliss-reactive ketones (excluding diaryl/α,β-unsaturated/α-hetero) is 1. The molecule has 1 heterocycles. The first-order valence-corrected chi connectivity index (χ1v) is 7.90. The molecule has 0 unspecified atom stereocenters. The second kappa shape index (κ2) is 7.09. The molecule has 0 atom stereocenters. The molecule has 25 heavy (non-hydrogen) atoms. The van der Waals surface area contributed by atoms with Crippen molar-refractivity contribution in [3.05, 3.63) is 77.7 Å². The van der Waals surface area contributed by atoms with E-state index in [1.54, 1.807) is 23.0 Å². The van der Waals surface area contributed by atoms with Gasteiger partial charge in [-0.3, -0.25) is 4.79 Å². The number of aromatic nitrogens is 4. The standard InChI is InChI=1S/C19H19N5O/c1-14-9-11-16(12-10-14)24-19(20-21-22-24)17(13-23(2)3)18(25)15-7-5-4-6-8-15/h4-13H,1-3H3/b17-13+. The summed E-state index contributed by atoms with van der Waals surface area (Å²) in [6.07, 6.45) is 1.74. The van der Waals surface area contributed by atoms with Crippen molar-refractivity contribution in [2.24, 2.45) is 0 Å². The van der Waals surface area contributed by atoms with E-state index in [9.17, 15) is 4.79 Å². The zero-order chi connectivity index (χ0) is 17.8. The minimum atomic E-state index is -0.127. The number of carbonyl (C=O) groups is 1. The molecule has 6 nitrogen and oxygen atoms in total. The van der Waals surface area contributed by atoms with Crippen LogP contribution < -0.4 is 0 Å². The Morgan fingerprint density at radius 1 is 1.04 bits per heavy atom. The van der Waals surface area contributed by atoms with E-state index in [-0.39, 0.29) is 5.78 Å². The Balaban J connectivity index is 2.09. The number of tetrazole rings is 1. The lowest BCUT2D eigenvalue weighted by atomic mass is 10.0. The number of hydrogen-bond donors (Lipinski definition) is 0. The van der Waals surface area contributed by atoms with Crippen LogP contribution in [0, 0.1) is 6.92 Å². The van der Waals surface area contributed by atoms with Gasteiger partial charge in [-0.25, -0.2) is 0 Å². The first-order chi connectivity index (χ1) is 12.1. The molecule has 0 radical (unpaired) electrons. The molecule has 0 aliphatic heterocycles. The highest BCUT2D eigenvalue weighted by atomic mass is 16.1. The molecule has 0 amide bonds. The van der Waals surface area contributed by atoms with Crippen molar-refractivity contribution in [3.63, 3.8) is 0 Å². The summed E-state index contributed by atoms with van der Waals surface area (Å²) < 4.78 is 1.58. The third-order valence-electron chi connectivity index (χ3n) is 3.66. The fraction of sp³-hybridized carbons (Fsp3) is 0.158. The van der Waals surface area contributed by atoms with Crippen LogP contribution in [0.25, 0.3) is 11.3 Å². The normalized spacial score (nSPS) is 11.4. The lowest BCUT2D eigenvalue weighted by molar-refractivity contribution is 0.105. The molecule has 2 aromatic carbocycles. The van der Waals surface area contributed by atoms with Gasteiger partial charge in [0.2, 0.25) is 0 Å². The summed E-state index contributed by atoms with van der Waals surface area (Å²) in [5, 5.41) is 11.9. The van der Waals surface area contributed by atoms with E-state index in [1.165, 1.54) is 0 Å². The van der Waals surface area contributed by atoms with Gasteiger partial charge in [-0.2, -0.15) is 4.68 Å². The van der Waals surface area contributed by atoms with Crippen LogP contribution in [-0.4, -0.2) is 45.0 Å². The van der Waals surface area contributed by atoms with Gasteiger partial charge < -0.3 is 4.90 Å². The van der Waals surface area contributed by atoms with Crippen molar-refractivity contribution in [2.45, 2.75) is 6.92 Å². The Labute approximate surface area is 146 Å². The Kier molecular flexibility index (Phi) is 4.70. The van der Waals surface area contributed by atoms with E-state index in [2.05, 4.69) is 15.5 Å². The fourth-order valence-electron chi connectivity index (χ4n) is 2.44. The number of hydrogen-bond acceptors (Lipinski definition) is 5. The maximum Gasteiger partial charge on any atom is 0.198 e. The lowest BCUT2D eigenvalue weighted by Gasteiger charge is -2.12. The van der Waals surface area contributed by atoms with Gasteiger partial charge in [0.25, 0.3) is 0 Å². The number of rotatable bonds is 5. The summed E-state index contributed by atoms with van der Waals surface area (Å²) in [5.41, 5.74) is 2.97. The third-order valence-corrected chi connectivity index (χ3v) is 3.66. The van der Waals surface area contributed by atoms with Crippen LogP contribution in [0.3, 0.4) is 0 Å². The number of aryl methyl sites for hydroxylation is 1. The number of allylic oxidation sites excluding steroid dienone is 1. The van der Waals surface area contributed by atoms with E-state index in [0.717, 1.165) is 11.3 Å². The Hall–Kier alpha value is -3.28. The molecule has 126 valence electrons. The molecule has 1 aromatic heterocycles. The van der Waals surface area contributed by atoms with E-state index in [4.69, 9.17) is 0 Å². The molecule has 0 saturated carbocycles. The number of benzene rings is 2. The predicted octanol–water partition coefficient (Wildman–Crippen LogP) is 2.76. The highest BCUT2D eigenvalue weighted by Gasteiger charge is 2.21. The van der Waals surface area contributed by atoms with Crippen LogP contribution in [0.1, 0.15) is 21.7 Å². The van der Waals surface area contributed by atoms with Gasteiger partial charge in [-0.1, -0.05) is 48.0 Å². The first kappa shape index (κ1) is 16.6. The van der Waals surface area contributed by atoms with Gasteiger partial charge in [0.1, 0.15) is 0 Å². The molecule has 0 bridgehead atoms. The summed E-state index contributed by atoms with van der Waals surface area (Å²) in [6.45, 7) is 2.01. The van der Waals surface area contributed by atoms with Crippen LogP contribution in [-0.2, 0) is 0 Å². The minimum Gasteiger partial charge on any atom is -0.383 e. The molecule has 0 saturated heterocycles. The highest BCUT2D eigenvalue weighted by Crippen LogP contribution is 2.21. The van der Waals surface area contributed by atoms with Gasteiger partial charge in [0.15, 0.2) is 11.6 Å². The average molecular weight is 333 g/mol. The summed E-state index contributed by atoms with van der Waals surface area (Å²) in [7, 11) is 3.72. The van der Waals surface area contributed by atoms with Crippen molar-refractivity contribution < 1.29 is 4.79 Å². The van der Waals surface area contributed by atoms with Crippen molar-refractivity contribution in [3.8, 4) is 5.69 Å². The van der Waals surface area contributed by atoms with E-state index in [0.29, 0.717) is 17.0 Å². The summed E-state index contributed by atoms with van der Waals surface area (Å²) in [6, 6.07) is 16.9. The minimum absolute atomic E-state index is 0.127. The van der Waals surface area contributed by atoms with Crippen LogP contribution in [0.5, 0.6) is 0 Å². The number of ketones is 1. The molecule has 3 aromatic rings. The molecular formula is C19H19N5O. The number of carbonyl (C=O) groups excluding carboxylic acids is 1. The summed E-state index contributed by atoms with van der Waals surface area (Å²) in [5.74, 6) is 0.281. The van der Waals surface area contributed by atoms with Gasteiger partial charge in [-0.15, -0.1) is 5.10 Å². The molecule has 0 aliphatic carbocycles. The number of nitrogens with zero attached hydrogens (tertiary/aromatic N) is 5. The van der Waals surface area contributed by atoms with E-state index >= 15 is 0 Å². The lowest BCUT2D eigenvalue weighted by Crippen LogP contribution is -2.13. The Bertz CT molecular complexity index is 895. The monoisotopic (exact) mass is 333 g/mol. The topological polar surface area (TPSA) is 63.9 Å². The SMILES string of the molecule is Cc1ccc(-n2nnnc2/C(=C/N(C)C)C(=O)c2ccccc2)cc1. The molecule has 0 N–H and O–H groups in total. The van der Waals surface area contributed by atoms with E-state index < -0.39 is 0 Å². The predicted molar refractivity (Wildman–Crippen MR) is 96.3 cm³/mol. The van der Waals surface area contributed by atoms with Crippen molar-refractivity contribution >= 4 is 11.4 Å². The largest absolute Gasteiger partial charge is 0.383 e. The smallest absolute Gasteiger partial charge is 0.198 e. The highest BCUT2D eigenvalue weighted by molar-refractivity contribution is 6.28. The summed E-state index contributed by atoms with van der Waals surface area (Å²) in [4.78, 5) is 14.8. The fourth-order valence-corrected chi connectivity index (χ4v) is 2.44. The maximum absolute atomic E-state index is 13.0. The molecule has 0 aliphatic rings. The van der Waals surface area contributed by atoms with Gasteiger partial charge >= 0.3 is 0 Å². The average Bonchev–Trinajstić information content (AvgIpc) is 3.10. The maximum atomic E-state index is 13.0. The van der Waals surface area contributed by atoms with Gasteiger partial charge in [-0.05, 0) is 29.5 Å². The molecule has 6 heteroatoms. The van der Waals surface area contributed by atoms with E-state index in [1.807, 2.05) is 68.4 Å². The van der Waals surface area contributed by atoms with Crippen LogP contribution in [0.2, 0.25) is 0 Å².